The minimum absolute atomic E-state index is 0.115. The van der Waals surface area contributed by atoms with Crippen molar-refractivity contribution in [1.29, 1.82) is 0 Å². The number of aromatic nitrogens is 2. The Kier molecular flexibility index (Phi) is 5.19. The van der Waals surface area contributed by atoms with E-state index in [1.54, 1.807) is 13.2 Å². The van der Waals surface area contributed by atoms with Crippen LogP contribution < -0.4 is 4.90 Å². The van der Waals surface area contributed by atoms with Crippen LogP contribution in [0.25, 0.3) is 10.9 Å². The number of fused-ring (bicyclic) bond motifs is 1. The lowest BCUT2D eigenvalue weighted by Crippen LogP contribution is -2.35. The van der Waals surface area contributed by atoms with Crippen molar-refractivity contribution in [2.24, 2.45) is 5.92 Å². The van der Waals surface area contributed by atoms with Crippen molar-refractivity contribution < 1.29 is 14.8 Å². The van der Waals surface area contributed by atoms with E-state index in [9.17, 15) is 15.2 Å². The van der Waals surface area contributed by atoms with Gasteiger partial charge in [-0.25, -0.2) is 0 Å². The molecule has 0 bridgehead atoms. The third kappa shape index (κ3) is 3.45. The molecule has 1 N–H and O–H groups in total. The van der Waals surface area contributed by atoms with Crippen LogP contribution in [0, 0.1) is 23.0 Å². The van der Waals surface area contributed by atoms with Crippen LogP contribution in [-0.4, -0.2) is 53.2 Å². The van der Waals surface area contributed by atoms with Gasteiger partial charge >= 0.3 is 0 Å². The number of hydrogen-bond donors (Lipinski definition) is 1. The first kappa shape index (κ1) is 17.6. The number of aliphatic hydroxyl groups excluding tert-OH is 1. The minimum atomic E-state index is -0.321. The zero-order valence-electron chi connectivity index (χ0n) is 14.6. The fourth-order valence-corrected chi connectivity index (χ4v) is 3.46. The highest BCUT2D eigenvalue weighted by Crippen LogP contribution is 2.36. The van der Waals surface area contributed by atoms with Gasteiger partial charge in [-0.2, -0.15) is 5.10 Å². The molecule has 0 aliphatic carbocycles. The van der Waals surface area contributed by atoms with E-state index in [1.165, 1.54) is 0 Å². The lowest BCUT2D eigenvalue weighted by atomic mass is 9.97. The lowest BCUT2D eigenvalue weighted by Gasteiger charge is -2.32. The molecular weight excluding hydrogens is 324 g/mol. The summed E-state index contributed by atoms with van der Waals surface area (Å²) in [4.78, 5) is 13.3. The zero-order valence-corrected chi connectivity index (χ0v) is 14.6. The summed E-state index contributed by atoms with van der Waals surface area (Å²) in [6, 6.07) is 3.51. The van der Waals surface area contributed by atoms with Crippen molar-refractivity contribution in [3.8, 4) is 0 Å². The van der Waals surface area contributed by atoms with Crippen molar-refractivity contribution in [3.63, 3.8) is 0 Å². The summed E-state index contributed by atoms with van der Waals surface area (Å²) < 4.78 is 6.98. The average molecular weight is 348 g/mol. The Morgan fingerprint density at radius 1 is 1.40 bits per heavy atom. The molecular formula is C17H24N4O4. The molecule has 2 aromatic rings. The Morgan fingerprint density at radius 2 is 2.12 bits per heavy atom. The summed E-state index contributed by atoms with van der Waals surface area (Å²) in [5.74, 6) is 0.286. The number of rotatable bonds is 6. The molecule has 1 saturated heterocycles. The predicted octanol–water partition coefficient (Wildman–Crippen LogP) is 2.11. The Hall–Kier alpha value is -2.19. The number of anilines is 1. The summed E-state index contributed by atoms with van der Waals surface area (Å²) in [7, 11) is 1.64. The summed E-state index contributed by atoms with van der Waals surface area (Å²) in [5, 5.41) is 26.2. The number of piperidine rings is 1. The summed E-state index contributed by atoms with van der Waals surface area (Å²) in [6.45, 7) is 4.60. The van der Waals surface area contributed by atoms with Crippen molar-refractivity contribution in [1.82, 2.24) is 9.78 Å². The van der Waals surface area contributed by atoms with Gasteiger partial charge in [-0.1, -0.05) is 0 Å². The summed E-state index contributed by atoms with van der Waals surface area (Å²) in [5.41, 5.74) is 2.41. The predicted molar refractivity (Wildman–Crippen MR) is 95.0 cm³/mol. The second-order valence-electron chi connectivity index (χ2n) is 6.53. The molecule has 0 unspecified atom stereocenters. The van der Waals surface area contributed by atoms with Gasteiger partial charge in [0.05, 0.1) is 29.3 Å². The Labute approximate surface area is 146 Å². The van der Waals surface area contributed by atoms with Gasteiger partial charge in [-0.3, -0.25) is 14.8 Å². The lowest BCUT2D eigenvalue weighted by molar-refractivity contribution is -0.384. The van der Waals surface area contributed by atoms with E-state index in [2.05, 4.69) is 5.10 Å². The first-order chi connectivity index (χ1) is 12.0. The van der Waals surface area contributed by atoms with Crippen molar-refractivity contribution in [3.05, 3.63) is 27.9 Å². The van der Waals surface area contributed by atoms with E-state index in [0.717, 1.165) is 29.4 Å². The van der Waals surface area contributed by atoms with Gasteiger partial charge in [-0.05, 0) is 31.7 Å². The molecule has 8 heteroatoms. The Balaban J connectivity index is 2.03. The molecule has 0 radical (unpaired) electrons. The first-order valence-corrected chi connectivity index (χ1v) is 8.55. The molecule has 0 amide bonds. The van der Waals surface area contributed by atoms with E-state index in [0.29, 0.717) is 31.9 Å². The monoisotopic (exact) mass is 348 g/mol. The molecule has 1 aromatic heterocycles. The highest BCUT2D eigenvalue weighted by atomic mass is 16.6. The quantitative estimate of drug-likeness (QED) is 0.635. The Morgan fingerprint density at radius 3 is 2.72 bits per heavy atom. The number of aliphatic hydroxyl groups is 1. The maximum Gasteiger partial charge on any atom is 0.293 e. The molecule has 0 atom stereocenters. The number of methoxy groups -OCH3 is 1. The number of benzene rings is 1. The smallest absolute Gasteiger partial charge is 0.293 e. The SMILES string of the molecule is COCCn1nc(C)c2cc([N+](=O)[O-])c(N3CCC(CO)CC3)cc21. The highest BCUT2D eigenvalue weighted by molar-refractivity contribution is 5.90. The van der Waals surface area contributed by atoms with Crippen LogP contribution in [0.3, 0.4) is 0 Å². The molecule has 0 spiro atoms. The first-order valence-electron chi connectivity index (χ1n) is 8.55. The molecule has 1 fully saturated rings. The minimum Gasteiger partial charge on any atom is -0.396 e. The van der Waals surface area contributed by atoms with E-state index in [1.807, 2.05) is 22.6 Å². The number of nitro groups is 1. The second-order valence-corrected chi connectivity index (χ2v) is 6.53. The van der Waals surface area contributed by atoms with Gasteiger partial charge in [0, 0.05) is 38.3 Å². The molecule has 3 rings (SSSR count). The largest absolute Gasteiger partial charge is 0.396 e. The van der Waals surface area contributed by atoms with Crippen LogP contribution in [-0.2, 0) is 11.3 Å². The van der Waals surface area contributed by atoms with Crippen LogP contribution in [0.4, 0.5) is 11.4 Å². The van der Waals surface area contributed by atoms with Crippen LogP contribution in [0.2, 0.25) is 0 Å². The number of ether oxygens (including phenoxy) is 1. The fraction of sp³-hybridized carbons (Fsp3) is 0.588. The standard InChI is InChI=1S/C17H24N4O4/c1-12-14-9-17(21(23)24)16(19-5-3-13(11-22)4-6-19)10-15(14)20(18-12)7-8-25-2/h9-10,13,22H,3-8,11H2,1-2H3. The van der Waals surface area contributed by atoms with E-state index in [4.69, 9.17) is 4.74 Å². The van der Waals surface area contributed by atoms with Gasteiger partial charge in [0.25, 0.3) is 5.69 Å². The molecule has 8 nitrogen and oxygen atoms in total. The molecule has 136 valence electrons. The molecule has 0 saturated carbocycles. The summed E-state index contributed by atoms with van der Waals surface area (Å²) in [6.07, 6.45) is 1.68. The molecule has 1 aliphatic heterocycles. The number of nitro benzene ring substituents is 1. The number of aryl methyl sites for hydroxylation is 1. The number of hydrogen-bond acceptors (Lipinski definition) is 6. The van der Waals surface area contributed by atoms with Crippen LogP contribution in [0.5, 0.6) is 0 Å². The maximum absolute atomic E-state index is 11.6. The fourth-order valence-electron chi connectivity index (χ4n) is 3.46. The second kappa shape index (κ2) is 7.37. The normalized spacial score (nSPS) is 15.9. The van der Waals surface area contributed by atoms with Crippen LogP contribution in [0.1, 0.15) is 18.5 Å². The van der Waals surface area contributed by atoms with E-state index >= 15 is 0 Å². The zero-order chi connectivity index (χ0) is 18.0. The molecule has 1 aliphatic rings. The van der Waals surface area contributed by atoms with Gasteiger partial charge in [0.2, 0.25) is 0 Å². The Bertz CT molecular complexity index is 766. The van der Waals surface area contributed by atoms with Crippen molar-refractivity contribution >= 4 is 22.3 Å². The van der Waals surface area contributed by atoms with Gasteiger partial charge in [0.15, 0.2) is 0 Å². The maximum atomic E-state index is 11.6. The van der Waals surface area contributed by atoms with Gasteiger partial charge in [0.1, 0.15) is 5.69 Å². The third-order valence-electron chi connectivity index (χ3n) is 4.95. The summed E-state index contributed by atoms with van der Waals surface area (Å²) >= 11 is 0. The van der Waals surface area contributed by atoms with E-state index < -0.39 is 0 Å². The third-order valence-corrected chi connectivity index (χ3v) is 4.95. The van der Waals surface area contributed by atoms with Gasteiger partial charge < -0.3 is 14.7 Å². The van der Waals surface area contributed by atoms with Crippen LogP contribution in [0.15, 0.2) is 12.1 Å². The highest BCUT2D eigenvalue weighted by Gasteiger charge is 2.26. The average Bonchev–Trinajstić information content (AvgIpc) is 2.94. The molecule has 2 heterocycles. The van der Waals surface area contributed by atoms with Gasteiger partial charge in [-0.15, -0.1) is 0 Å². The van der Waals surface area contributed by atoms with Crippen molar-refractivity contribution in [2.45, 2.75) is 26.3 Å². The van der Waals surface area contributed by atoms with Crippen LogP contribution >= 0.6 is 0 Å². The molecule has 1 aromatic carbocycles. The molecule has 25 heavy (non-hydrogen) atoms. The van der Waals surface area contributed by atoms with E-state index in [-0.39, 0.29) is 23.1 Å². The topological polar surface area (TPSA) is 93.7 Å². The van der Waals surface area contributed by atoms with Crippen molar-refractivity contribution in [2.75, 3.05) is 38.3 Å². The number of nitrogens with zero attached hydrogens (tertiary/aromatic N) is 4.